The van der Waals surface area contributed by atoms with Crippen LogP contribution in [0.3, 0.4) is 0 Å². The molecule has 0 atom stereocenters. The standard InChI is InChI=1S/C56H100BrN2O4P/c1-3-5-7-9-11-13-15-17-19-21-23-25-27-29-31-39-46-58(53-55-41-35-33-36-42-55)48-51-62-64(60,61-50-45-57)63-52-49-59(54-56-43-37-34-38-44-56)47-40-32-30-28-26-24-22-20-18-16-14-12-10-8-6-4-2/h33-38,41-44H,3-32,39-40,45-54H2,1-2H3. The van der Waals surface area contributed by atoms with Crippen molar-refractivity contribution in [2.75, 3.05) is 51.3 Å². The smallest absolute Gasteiger partial charge is 0.297 e. The molecule has 0 amide bonds. The van der Waals surface area contributed by atoms with Gasteiger partial charge in [-0.3, -0.25) is 23.4 Å². The summed E-state index contributed by atoms with van der Waals surface area (Å²) < 4.78 is 31.9. The molecule has 2 aromatic carbocycles. The van der Waals surface area contributed by atoms with Crippen LogP contribution in [0.2, 0.25) is 0 Å². The molecule has 64 heavy (non-hydrogen) atoms. The maximum absolute atomic E-state index is 14.0. The lowest BCUT2D eigenvalue weighted by atomic mass is 10.0. The number of nitrogens with zero attached hydrogens (tertiary/aromatic N) is 2. The minimum Gasteiger partial charge on any atom is -0.297 e. The van der Waals surface area contributed by atoms with Crippen LogP contribution in [0.1, 0.15) is 230 Å². The lowest BCUT2D eigenvalue weighted by Gasteiger charge is -2.25. The van der Waals surface area contributed by atoms with Crippen molar-refractivity contribution in [2.24, 2.45) is 0 Å². The van der Waals surface area contributed by atoms with Crippen molar-refractivity contribution in [3.63, 3.8) is 0 Å². The number of hydrogen-bond acceptors (Lipinski definition) is 6. The Kier molecular flexibility index (Phi) is 41.0. The molecule has 0 aromatic heterocycles. The minimum atomic E-state index is -3.72. The summed E-state index contributed by atoms with van der Waals surface area (Å²) in [5, 5.41) is 0.572. The lowest BCUT2D eigenvalue weighted by Crippen LogP contribution is -2.29. The molecule has 0 spiro atoms. The fraction of sp³-hybridized carbons (Fsp3) is 0.786. The Labute approximate surface area is 405 Å². The summed E-state index contributed by atoms with van der Waals surface area (Å²) in [6.07, 6.45) is 43.9. The normalized spacial score (nSPS) is 12.0. The van der Waals surface area contributed by atoms with E-state index in [0.717, 1.165) is 39.0 Å². The molecule has 0 radical (unpaired) electrons. The second-order valence-corrected chi connectivity index (χ2v) is 21.2. The molecule has 0 saturated carbocycles. The summed E-state index contributed by atoms with van der Waals surface area (Å²) in [7, 11) is -3.72. The van der Waals surface area contributed by atoms with Crippen molar-refractivity contribution >= 4 is 23.8 Å². The number of unbranched alkanes of at least 4 members (excludes halogenated alkanes) is 30. The molecule has 2 rings (SSSR count). The van der Waals surface area contributed by atoms with Gasteiger partial charge in [0.15, 0.2) is 0 Å². The third-order valence-corrected chi connectivity index (χ3v) is 14.6. The molecule has 0 unspecified atom stereocenters. The number of phosphoric acid groups is 1. The van der Waals surface area contributed by atoms with E-state index in [1.807, 2.05) is 0 Å². The highest BCUT2D eigenvalue weighted by molar-refractivity contribution is 9.09. The first-order chi connectivity index (χ1) is 31.6. The third kappa shape index (κ3) is 36.1. The van der Waals surface area contributed by atoms with Crippen LogP contribution in [0.5, 0.6) is 0 Å². The van der Waals surface area contributed by atoms with E-state index in [9.17, 15) is 4.57 Å². The van der Waals surface area contributed by atoms with Gasteiger partial charge in [-0.05, 0) is 37.1 Å². The number of hydrogen-bond donors (Lipinski definition) is 0. The Morgan fingerprint density at radius 2 is 0.641 bits per heavy atom. The van der Waals surface area contributed by atoms with Crippen LogP contribution in [0.4, 0.5) is 0 Å². The van der Waals surface area contributed by atoms with Crippen LogP contribution in [0, 0.1) is 0 Å². The van der Waals surface area contributed by atoms with Crippen LogP contribution in [-0.2, 0) is 31.2 Å². The highest BCUT2D eigenvalue weighted by atomic mass is 79.9. The van der Waals surface area contributed by atoms with Crippen LogP contribution < -0.4 is 0 Å². The molecule has 6 nitrogen and oxygen atoms in total. The summed E-state index contributed by atoms with van der Waals surface area (Å²) in [6, 6.07) is 21.3. The van der Waals surface area contributed by atoms with E-state index in [2.05, 4.69) is 100 Å². The predicted octanol–water partition coefficient (Wildman–Crippen LogP) is 18.1. The SMILES string of the molecule is CCCCCCCCCCCCCCCCCCN(CCOP(=O)(OCCBr)OCCN(CCCCCCCCCCCCCCCCCC)Cc1ccccc1)Cc1ccccc1. The highest BCUT2D eigenvalue weighted by Gasteiger charge is 2.27. The van der Waals surface area contributed by atoms with Gasteiger partial charge in [0, 0.05) is 31.5 Å². The Morgan fingerprint density at radius 1 is 0.375 bits per heavy atom. The summed E-state index contributed by atoms with van der Waals surface area (Å²) in [5.74, 6) is 0. The molecular formula is C56H100BrN2O4P. The third-order valence-electron chi connectivity index (χ3n) is 12.8. The van der Waals surface area contributed by atoms with Gasteiger partial charge in [0.25, 0.3) is 0 Å². The van der Waals surface area contributed by atoms with E-state index in [0.29, 0.717) is 31.6 Å². The Hall–Kier alpha value is -1.05. The number of alkyl halides is 1. The average Bonchev–Trinajstić information content (AvgIpc) is 3.31. The molecule has 0 N–H and O–H groups in total. The summed E-state index contributed by atoms with van der Waals surface area (Å²) >= 11 is 3.44. The maximum atomic E-state index is 14.0. The van der Waals surface area contributed by atoms with E-state index < -0.39 is 7.82 Å². The van der Waals surface area contributed by atoms with Gasteiger partial charge in [-0.15, -0.1) is 0 Å². The Balaban J connectivity index is 1.71. The zero-order valence-corrected chi connectivity index (χ0v) is 44.3. The molecular weight excluding hydrogens is 876 g/mol. The molecule has 0 fully saturated rings. The van der Waals surface area contributed by atoms with Crippen LogP contribution in [0.15, 0.2) is 60.7 Å². The molecule has 370 valence electrons. The average molecular weight is 976 g/mol. The van der Waals surface area contributed by atoms with E-state index >= 15 is 0 Å². The van der Waals surface area contributed by atoms with Crippen LogP contribution >= 0.6 is 23.8 Å². The molecule has 0 bridgehead atoms. The lowest BCUT2D eigenvalue weighted by molar-refractivity contribution is 0.0937. The van der Waals surface area contributed by atoms with E-state index in [4.69, 9.17) is 13.6 Å². The predicted molar refractivity (Wildman–Crippen MR) is 282 cm³/mol. The quantitative estimate of drug-likeness (QED) is 0.0374. The number of rotatable bonds is 49. The first-order valence-electron chi connectivity index (χ1n) is 27.2. The highest BCUT2D eigenvalue weighted by Crippen LogP contribution is 2.49. The molecule has 0 aliphatic heterocycles. The van der Waals surface area contributed by atoms with Crippen molar-refractivity contribution in [3.05, 3.63) is 71.8 Å². The number of phosphoric ester groups is 1. The molecule has 2 aromatic rings. The van der Waals surface area contributed by atoms with Gasteiger partial charge in [0.05, 0.1) is 19.8 Å². The Morgan fingerprint density at radius 3 is 0.922 bits per heavy atom. The molecule has 8 heteroatoms. The van der Waals surface area contributed by atoms with Gasteiger partial charge in [0.1, 0.15) is 0 Å². The van der Waals surface area contributed by atoms with E-state index in [1.54, 1.807) is 0 Å². The molecule has 0 aliphatic carbocycles. The van der Waals surface area contributed by atoms with Crippen molar-refractivity contribution in [1.29, 1.82) is 0 Å². The number of halogens is 1. The first kappa shape index (κ1) is 59.1. The summed E-state index contributed by atoms with van der Waals surface area (Å²) in [5.41, 5.74) is 2.58. The van der Waals surface area contributed by atoms with Crippen molar-refractivity contribution in [1.82, 2.24) is 9.80 Å². The monoisotopic (exact) mass is 975 g/mol. The van der Waals surface area contributed by atoms with Gasteiger partial charge in [-0.1, -0.05) is 283 Å². The van der Waals surface area contributed by atoms with Crippen LogP contribution in [0.25, 0.3) is 0 Å². The second-order valence-electron chi connectivity index (χ2n) is 18.8. The maximum Gasteiger partial charge on any atom is 0.474 e. The zero-order valence-electron chi connectivity index (χ0n) is 41.8. The topological polar surface area (TPSA) is 51.2 Å². The fourth-order valence-corrected chi connectivity index (χ4v) is 10.4. The van der Waals surface area contributed by atoms with Crippen molar-refractivity contribution in [2.45, 2.75) is 232 Å². The Bertz CT molecular complexity index is 1200. The molecule has 0 saturated heterocycles. The van der Waals surface area contributed by atoms with E-state index in [1.165, 1.54) is 204 Å². The van der Waals surface area contributed by atoms with Gasteiger partial charge in [0.2, 0.25) is 0 Å². The largest absolute Gasteiger partial charge is 0.474 e. The number of benzene rings is 2. The van der Waals surface area contributed by atoms with Gasteiger partial charge < -0.3 is 0 Å². The minimum absolute atomic E-state index is 0.275. The molecule has 0 aliphatic rings. The van der Waals surface area contributed by atoms with Crippen molar-refractivity contribution < 1.29 is 18.1 Å². The summed E-state index contributed by atoms with van der Waals surface area (Å²) in [6.45, 7) is 10.5. The fourth-order valence-electron chi connectivity index (χ4n) is 8.81. The van der Waals surface area contributed by atoms with Crippen LogP contribution in [-0.4, -0.2) is 61.1 Å². The second kappa shape index (κ2) is 44.5. The van der Waals surface area contributed by atoms with Crippen molar-refractivity contribution in [3.8, 4) is 0 Å². The van der Waals surface area contributed by atoms with Gasteiger partial charge in [-0.2, -0.15) is 0 Å². The van der Waals surface area contributed by atoms with Gasteiger partial charge >= 0.3 is 7.82 Å². The molecule has 0 heterocycles. The van der Waals surface area contributed by atoms with E-state index in [-0.39, 0.29) is 6.61 Å². The first-order valence-corrected chi connectivity index (χ1v) is 29.8. The summed E-state index contributed by atoms with van der Waals surface area (Å²) in [4.78, 5) is 4.88. The zero-order chi connectivity index (χ0) is 45.7. The van der Waals surface area contributed by atoms with Gasteiger partial charge in [-0.25, -0.2) is 4.57 Å².